The summed E-state index contributed by atoms with van der Waals surface area (Å²) in [7, 11) is 1.64. The molecular formula is C11H15FN2O2S. The van der Waals surface area contributed by atoms with E-state index in [9.17, 15) is 4.39 Å². The van der Waals surface area contributed by atoms with Crippen molar-refractivity contribution in [2.45, 2.75) is 11.3 Å². The number of rotatable bonds is 6. The Kier molecular flexibility index (Phi) is 5.79. The molecule has 0 atom stereocenters. The number of benzene rings is 1. The number of oxime groups is 1. The van der Waals surface area contributed by atoms with Crippen molar-refractivity contribution in [3.05, 3.63) is 29.6 Å². The summed E-state index contributed by atoms with van der Waals surface area (Å²) in [6.07, 6.45) is 0.864. The Morgan fingerprint density at radius 3 is 2.94 bits per heavy atom. The average molecular weight is 258 g/mol. The highest BCUT2D eigenvalue weighted by Crippen LogP contribution is 2.23. The zero-order chi connectivity index (χ0) is 12.7. The van der Waals surface area contributed by atoms with Crippen molar-refractivity contribution >= 4 is 17.6 Å². The van der Waals surface area contributed by atoms with Gasteiger partial charge in [0.05, 0.1) is 0 Å². The molecule has 1 aromatic carbocycles. The van der Waals surface area contributed by atoms with E-state index in [1.165, 1.54) is 17.8 Å². The van der Waals surface area contributed by atoms with Crippen molar-refractivity contribution in [3.8, 4) is 0 Å². The fourth-order valence-corrected chi connectivity index (χ4v) is 2.06. The minimum atomic E-state index is -0.364. The summed E-state index contributed by atoms with van der Waals surface area (Å²) in [6, 6.07) is 4.50. The molecule has 1 rings (SSSR count). The van der Waals surface area contributed by atoms with Crippen LogP contribution < -0.4 is 5.73 Å². The molecule has 94 valence electrons. The lowest BCUT2D eigenvalue weighted by Crippen LogP contribution is -2.13. The Morgan fingerprint density at radius 2 is 2.35 bits per heavy atom. The number of ether oxygens (including phenoxy) is 1. The predicted molar refractivity (Wildman–Crippen MR) is 66.1 cm³/mol. The SMILES string of the molecule is COCCCSc1ccc(C(N)=NO)cc1F. The van der Waals surface area contributed by atoms with Gasteiger partial charge in [-0.2, -0.15) is 0 Å². The fraction of sp³-hybridized carbons (Fsp3) is 0.364. The summed E-state index contributed by atoms with van der Waals surface area (Å²) in [5.41, 5.74) is 5.73. The van der Waals surface area contributed by atoms with Gasteiger partial charge in [0.2, 0.25) is 0 Å². The first-order valence-electron chi connectivity index (χ1n) is 5.08. The lowest BCUT2D eigenvalue weighted by atomic mass is 10.2. The second-order valence-electron chi connectivity index (χ2n) is 3.33. The molecule has 0 fully saturated rings. The maximum absolute atomic E-state index is 13.6. The molecule has 4 nitrogen and oxygen atoms in total. The van der Waals surface area contributed by atoms with Gasteiger partial charge in [-0.05, 0) is 24.6 Å². The van der Waals surface area contributed by atoms with Crippen molar-refractivity contribution in [1.29, 1.82) is 0 Å². The molecule has 0 radical (unpaired) electrons. The third-order valence-electron chi connectivity index (χ3n) is 2.09. The number of halogens is 1. The Bertz CT molecular complexity index is 399. The van der Waals surface area contributed by atoms with Crippen molar-refractivity contribution < 1.29 is 14.3 Å². The number of hydrogen-bond donors (Lipinski definition) is 2. The Labute approximate surface area is 104 Å². The van der Waals surface area contributed by atoms with E-state index < -0.39 is 0 Å². The van der Waals surface area contributed by atoms with E-state index in [1.807, 2.05) is 0 Å². The lowest BCUT2D eigenvalue weighted by Gasteiger charge is -2.05. The number of nitrogens with zero attached hydrogens (tertiary/aromatic N) is 1. The van der Waals surface area contributed by atoms with Crippen LogP contribution in [-0.2, 0) is 4.74 Å². The van der Waals surface area contributed by atoms with E-state index in [4.69, 9.17) is 15.7 Å². The van der Waals surface area contributed by atoms with Crippen molar-refractivity contribution in [2.24, 2.45) is 10.9 Å². The second kappa shape index (κ2) is 7.13. The molecule has 0 amide bonds. The van der Waals surface area contributed by atoms with Crippen LogP contribution in [0.2, 0.25) is 0 Å². The minimum Gasteiger partial charge on any atom is -0.409 e. The van der Waals surface area contributed by atoms with Crippen LogP contribution in [0, 0.1) is 5.82 Å². The van der Waals surface area contributed by atoms with Crippen LogP contribution in [0.4, 0.5) is 4.39 Å². The minimum absolute atomic E-state index is 0.0974. The van der Waals surface area contributed by atoms with Gasteiger partial charge in [-0.25, -0.2) is 4.39 Å². The lowest BCUT2D eigenvalue weighted by molar-refractivity contribution is 0.200. The van der Waals surface area contributed by atoms with Crippen LogP contribution in [0.3, 0.4) is 0 Å². The average Bonchev–Trinajstić information content (AvgIpc) is 2.35. The van der Waals surface area contributed by atoms with Gasteiger partial charge < -0.3 is 15.7 Å². The number of nitrogens with two attached hydrogens (primary N) is 1. The standard InChI is InChI=1S/C11H15FN2O2S/c1-16-5-2-6-17-10-4-3-8(7-9(10)12)11(13)14-15/h3-4,7,15H,2,5-6H2,1H3,(H2,13,14). The van der Waals surface area contributed by atoms with E-state index in [-0.39, 0.29) is 11.7 Å². The van der Waals surface area contributed by atoms with E-state index >= 15 is 0 Å². The number of amidine groups is 1. The van der Waals surface area contributed by atoms with Crippen molar-refractivity contribution in [2.75, 3.05) is 19.5 Å². The first-order chi connectivity index (χ1) is 8.19. The molecule has 6 heteroatoms. The molecular weight excluding hydrogens is 243 g/mol. The third-order valence-corrected chi connectivity index (χ3v) is 3.22. The maximum atomic E-state index is 13.6. The van der Waals surface area contributed by atoms with Crippen molar-refractivity contribution in [1.82, 2.24) is 0 Å². The van der Waals surface area contributed by atoms with Crippen molar-refractivity contribution in [3.63, 3.8) is 0 Å². The largest absolute Gasteiger partial charge is 0.409 e. The molecule has 3 N–H and O–H groups in total. The fourth-order valence-electron chi connectivity index (χ4n) is 1.22. The van der Waals surface area contributed by atoms with E-state index in [0.717, 1.165) is 12.2 Å². The molecule has 0 saturated heterocycles. The smallest absolute Gasteiger partial charge is 0.170 e. The van der Waals surface area contributed by atoms with Gasteiger partial charge in [0, 0.05) is 29.9 Å². The Balaban J connectivity index is 2.63. The highest BCUT2D eigenvalue weighted by Gasteiger charge is 2.06. The molecule has 0 aromatic heterocycles. The molecule has 0 heterocycles. The quantitative estimate of drug-likeness (QED) is 0.205. The van der Waals surface area contributed by atoms with Gasteiger partial charge in [0.15, 0.2) is 5.84 Å². The normalized spacial score (nSPS) is 11.8. The third kappa shape index (κ3) is 4.24. The molecule has 0 spiro atoms. The zero-order valence-electron chi connectivity index (χ0n) is 9.52. The topological polar surface area (TPSA) is 67.8 Å². The van der Waals surface area contributed by atoms with E-state index in [0.29, 0.717) is 17.1 Å². The van der Waals surface area contributed by atoms with Gasteiger partial charge in [-0.1, -0.05) is 5.16 Å². The summed E-state index contributed by atoms with van der Waals surface area (Å²) < 4.78 is 18.5. The number of thioether (sulfide) groups is 1. The van der Waals surface area contributed by atoms with Gasteiger partial charge >= 0.3 is 0 Å². The van der Waals surface area contributed by atoms with Crippen LogP contribution in [-0.4, -0.2) is 30.5 Å². The summed E-state index contributed by atoms with van der Waals surface area (Å²) in [6.45, 7) is 0.664. The second-order valence-corrected chi connectivity index (χ2v) is 4.46. The summed E-state index contributed by atoms with van der Waals surface area (Å²) >= 11 is 1.42. The first kappa shape index (κ1) is 13.8. The van der Waals surface area contributed by atoms with Gasteiger partial charge in [-0.3, -0.25) is 0 Å². The van der Waals surface area contributed by atoms with Gasteiger partial charge in [0.1, 0.15) is 5.82 Å². The monoisotopic (exact) mass is 258 g/mol. The van der Waals surface area contributed by atoms with E-state index in [2.05, 4.69) is 5.16 Å². The molecule has 1 aromatic rings. The van der Waals surface area contributed by atoms with Crippen LogP contribution >= 0.6 is 11.8 Å². The van der Waals surface area contributed by atoms with Crippen LogP contribution in [0.5, 0.6) is 0 Å². The molecule has 0 aliphatic rings. The summed E-state index contributed by atoms with van der Waals surface area (Å²) in [4.78, 5) is 0.551. The predicted octanol–water partition coefficient (Wildman–Crippen LogP) is 2.05. The molecule has 17 heavy (non-hydrogen) atoms. The van der Waals surface area contributed by atoms with Crippen LogP contribution in [0.15, 0.2) is 28.3 Å². The molecule has 0 aliphatic heterocycles. The number of methoxy groups -OCH3 is 1. The van der Waals surface area contributed by atoms with E-state index in [1.54, 1.807) is 19.2 Å². The molecule has 0 saturated carbocycles. The first-order valence-corrected chi connectivity index (χ1v) is 6.06. The van der Waals surface area contributed by atoms with Crippen LogP contribution in [0.1, 0.15) is 12.0 Å². The number of hydrogen-bond acceptors (Lipinski definition) is 4. The highest BCUT2D eigenvalue weighted by molar-refractivity contribution is 7.99. The highest BCUT2D eigenvalue weighted by atomic mass is 32.2. The molecule has 0 unspecified atom stereocenters. The Morgan fingerprint density at radius 1 is 1.59 bits per heavy atom. The molecule has 0 aliphatic carbocycles. The maximum Gasteiger partial charge on any atom is 0.170 e. The zero-order valence-corrected chi connectivity index (χ0v) is 10.3. The van der Waals surface area contributed by atoms with Gasteiger partial charge in [0.25, 0.3) is 0 Å². The Hall–Kier alpha value is -1.27. The van der Waals surface area contributed by atoms with Crippen LogP contribution in [0.25, 0.3) is 0 Å². The van der Waals surface area contributed by atoms with Gasteiger partial charge in [-0.15, -0.1) is 11.8 Å². The molecule has 0 bridgehead atoms. The summed E-state index contributed by atoms with van der Waals surface area (Å²) in [5.74, 6) is 0.324. The summed E-state index contributed by atoms with van der Waals surface area (Å²) in [5, 5.41) is 11.3.